The van der Waals surface area contributed by atoms with Gasteiger partial charge in [-0.25, -0.2) is 0 Å². The molecule has 148 valence electrons. The molecule has 0 aliphatic heterocycles. The Balaban J connectivity index is 1.71. The van der Waals surface area contributed by atoms with Crippen molar-refractivity contribution < 1.29 is 19.1 Å². The van der Waals surface area contributed by atoms with Crippen molar-refractivity contribution in [2.45, 2.75) is 71.8 Å². The van der Waals surface area contributed by atoms with Crippen molar-refractivity contribution in [2.24, 2.45) is 5.41 Å². The molecule has 0 saturated heterocycles. The normalized spacial score (nSPS) is 25.4. The van der Waals surface area contributed by atoms with Crippen LogP contribution in [0.3, 0.4) is 0 Å². The molecule has 4 rings (SSSR count). The molecule has 0 aromatic heterocycles. The second-order valence-corrected chi connectivity index (χ2v) is 8.23. The summed E-state index contributed by atoms with van der Waals surface area (Å²) in [6, 6.07) is 6.02. The van der Waals surface area contributed by atoms with Crippen LogP contribution in [0.2, 0.25) is 0 Å². The maximum atomic E-state index is 11.7. The fourth-order valence-corrected chi connectivity index (χ4v) is 5.58. The third kappa shape index (κ3) is 3.09. The summed E-state index contributed by atoms with van der Waals surface area (Å²) in [6.07, 6.45) is 9.24. The lowest BCUT2D eigenvalue weighted by molar-refractivity contribution is -0.151. The molecule has 28 heavy (non-hydrogen) atoms. The molecule has 0 radical (unpaired) electrons. The molecule has 0 spiro atoms. The number of rotatable bonds is 4. The standard InChI is InChI=1S/C24H28O4/c1-4-12-24-13-11-20-19-8-6-18(27-15(2)25)14-17(19)5-7-21(20)22(24)9-10-23(24)28-16(3)26/h6,8-9,14,23H,4-5,7,10-13H2,1-3H3/t23-,24+/m1/s1. The average molecular weight is 380 g/mol. The van der Waals surface area contributed by atoms with Crippen molar-refractivity contribution in [3.05, 3.63) is 46.5 Å². The summed E-state index contributed by atoms with van der Waals surface area (Å²) in [4.78, 5) is 22.9. The van der Waals surface area contributed by atoms with E-state index in [-0.39, 0.29) is 23.5 Å². The van der Waals surface area contributed by atoms with Gasteiger partial charge >= 0.3 is 11.9 Å². The number of benzene rings is 1. The molecule has 0 unspecified atom stereocenters. The number of aryl methyl sites for hydroxylation is 1. The molecule has 4 nitrogen and oxygen atoms in total. The molecular formula is C24H28O4. The first-order chi connectivity index (χ1) is 13.4. The molecule has 0 fully saturated rings. The van der Waals surface area contributed by atoms with E-state index in [1.165, 1.54) is 41.7 Å². The van der Waals surface area contributed by atoms with Crippen LogP contribution in [0.15, 0.2) is 35.4 Å². The van der Waals surface area contributed by atoms with Gasteiger partial charge in [0.05, 0.1) is 0 Å². The number of hydrogen-bond acceptors (Lipinski definition) is 4. The number of carbonyl (C=O) groups is 2. The van der Waals surface area contributed by atoms with E-state index in [1.54, 1.807) is 0 Å². The topological polar surface area (TPSA) is 52.6 Å². The summed E-state index contributed by atoms with van der Waals surface area (Å²) >= 11 is 0. The number of ether oxygens (including phenoxy) is 2. The van der Waals surface area contributed by atoms with E-state index < -0.39 is 0 Å². The van der Waals surface area contributed by atoms with Crippen molar-refractivity contribution in [3.63, 3.8) is 0 Å². The Labute approximate surface area is 166 Å². The Hall–Kier alpha value is -2.36. The van der Waals surface area contributed by atoms with Gasteiger partial charge in [-0.1, -0.05) is 25.5 Å². The summed E-state index contributed by atoms with van der Waals surface area (Å²) in [5, 5.41) is 0. The smallest absolute Gasteiger partial charge is 0.308 e. The highest BCUT2D eigenvalue weighted by Gasteiger charge is 2.50. The maximum absolute atomic E-state index is 11.7. The summed E-state index contributed by atoms with van der Waals surface area (Å²) in [5.74, 6) is 0.161. The van der Waals surface area contributed by atoms with Gasteiger partial charge in [-0.05, 0) is 72.1 Å². The van der Waals surface area contributed by atoms with E-state index in [2.05, 4.69) is 19.1 Å². The number of fused-ring (bicyclic) bond motifs is 4. The molecule has 1 aromatic rings. The summed E-state index contributed by atoms with van der Waals surface area (Å²) < 4.78 is 11.0. The van der Waals surface area contributed by atoms with E-state index in [0.717, 1.165) is 44.9 Å². The Kier molecular flexibility index (Phi) is 4.90. The molecule has 0 N–H and O–H groups in total. The maximum Gasteiger partial charge on any atom is 0.308 e. The van der Waals surface area contributed by atoms with Crippen molar-refractivity contribution >= 4 is 17.5 Å². The second kappa shape index (κ2) is 7.23. The molecule has 0 bridgehead atoms. The summed E-state index contributed by atoms with van der Waals surface area (Å²) in [6.45, 7) is 5.16. The molecule has 4 heteroatoms. The lowest BCUT2D eigenvalue weighted by Crippen LogP contribution is -2.39. The van der Waals surface area contributed by atoms with Crippen LogP contribution in [0.5, 0.6) is 5.75 Å². The van der Waals surface area contributed by atoms with Crippen LogP contribution >= 0.6 is 0 Å². The lowest BCUT2D eigenvalue weighted by atomic mass is 9.62. The van der Waals surface area contributed by atoms with E-state index in [0.29, 0.717) is 5.75 Å². The quantitative estimate of drug-likeness (QED) is 0.535. The van der Waals surface area contributed by atoms with Crippen LogP contribution in [0.1, 0.15) is 70.4 Å². The van der Waals surface area contributed by atoms with Gasteiger partial charge in [0.15, 0.2) is 0 Å². The van der Waals surface area contributed by atoms with Crippen LogP contribution in [0.4, 0.5) is 0 Å². The molecule has 2 atom stereocenters. The fourth-order valence-electron chi connectivity index (χ4n) is 5.58. The first kappa shape index (κ1) is 19.0. The molecule has 1 aromatic carbocycles. The van der Waals surface area contributed by atoms with E-state index in [9.17, 15) is 9.59 Å². The Morgan fingerprint density at radius 2 is 1.93 bits per heavy atom. The van der Waals surface area contributed by atoms with Gasteiger partial charge in [0.1, 0.15) is 11.9 Å². The summed E-state index contributed by atoms with van der Waals surface area (Å²) in [7, 11) is 0. The van der Waals surface area contributed by atoms with Gasteiger partial charge in [-0.2, -0.15) is 0 Å². The fraction of sp³-hybridized carbons (Fsp3) is 0.500. The van der Waals surface area contributed by atoms with Crippen LogP contribution < -0.4 is 4.74 Å². The minimum atomic E-state index is -0.287. The zero-order valence-electron chi connectivity index (χ0n) is 17.0. The van der Waals surface area contributed by atoms with Gasteiger partial charge in [0.2, 0.25) is 0 Å². The van der Waals surface area contributed by atoms with Crippen LogP contribution in [0, 0.1) is 5.41 Å². The largest absolute Gasteiger partial charge is 0.461 e. The molecule has 3 aliphatic carbocycles. The van der Waals surface area contributed by atoms with Crippen LogP contribution in [0.25, 0.3) is 5.57 Å². The van der Waals surface area contributed by atoms with Crippen molar-refractivity contribution in [1.82, 2.24) is 0 Å². The number of esters is 2. The molecule has 0 amide bonds. The zero-order chi connectivity index (χ0) is 19.9. The number of allylic oxidation sites excluding steroid dienone is 2. The van der Waals surface area contributed by atoms with Crippen molar-refractivity contribution in [3.8, 4) is 5.75 Å². The zero-order valence-corrected chi connectivity index (χ0v) is 17.0. The van der Waals surface area contributed by atoms with Gasteiger partial charge in [0.25, 0.3) is 0 Å². The summed E-state index contributed by atoms with van der Waals surface area (Å²) in [5.41, 5.74) is 6.85. The third-order valence-electron chi connectivity index (χ3n) is 6.51. The lowest BCUT2D eigenvalue weighted by Gasteiger charge is -2.44. The first-order valence-electron chi connectivity index (χ1n) is 10.4. The second-order valence-electron chi connectivity index (χ2n) is 8.23. The molecular weight excluding hydrogens is 352 g/mol. The highest BCUT2D eigenvalue weighted by molar-refractivity contribution is 5.80. The number of hydrogen-bond donors (Lipinski definition) is 0. The van der Waals surface area contributed by atoms with Crippen LogP contribution in [-0.4, -0.2) is 18.0 Å². The predicted octanol–water partition coefficient (Wildman–Crippen LogP) is 5.15. The molecule has 0 saturated carbocycles. The SMILES string of the molecule is CCC[C@]12CCC3=C(CCc4cc(OC(C)=O)ccc43)C1=CC[C@H]2OC(C)=O. The van der Waals surface area contributed by atoms with Crippen LogP contribution in [-0.2, 0) is 20.7 Å². The van der Waals surface area contributed by atoms with E-state index >= 15 is 0 Å². The monoisotopic (exact) mass is 380 g/mol. The van der Waals surface area contributed by atoms with Gasteiger partial charge in [0, 0.05) is 25.7 Å². The molecule has 3 aliphatic rings. The number of carbonyl (C=O) groups excluding carboxylic acids is 2. The average Bonchev–Trinajstić information content (AvgIpc) is 2.99. The van der Waals surface area contributed by atoms with E-state index in [4.69, 9.17) is 9.47 Å². The Morgan fingerprint density at radius 3 is 2.64 bits per heavy atom. The predicted molar refractivity (Wildman–Crippen MR) is 108 cm³/mol. The van der Waals surface area contributed by atoms with Gasteiger partial charge in [-0.3, -0.25) is 9.59 Å². The first-order valence-corrected chi connectivity index (χ1v) is 10.4. The Bertz CT molecular complexity index is 892. The Morgan fingerprint density at radius 1 is 1.11 bits per heavy atom. The van der Waals surface area contributed by atoms with Crippen molar-refractivity contribution in [1.29, 1.82) is 0 Å². The van der Waals surface area contributed by atoms with Gasteiger partial charge in [-0.15, -0.1) is 0 Å². The van der Waals surface area contributed by atoms with Gasteiger partial charge < -0.3 is 9.47 Å². The minimum Gasteiger partial charge on any atom is -0.461 e. The van der Waals surface area contributed by atoms with Crippen molar-refractivity contribution in [2.75, 3.05) is 0 Å². The van der Waals surface area contributed by atoms with E-state index in [1.807, 2.05) is 12.1 Å². The highest BCUT2D eigenvalue weighted by Crippen LogP contribution is 2.58. The minimum absolute atomic E-state index is 0.0194. The third-order valence-corrected chi connectivity index (χ3v) is 6.51. The highest BCUT2D eigenvalue weighted by atomic mass is 16.5. The molecule has 0 heterocycles.